The Hall–Kier alpha value is -6.10. The number of anilines is 4. The van der Waals surface area contributed by atoms with Crippen molar-refractivity contribution in [2.24, 2.45) is 5.73 Å². The summed E-state index contributed by atoms with van der Waals surface area (Å²) in [4.78, 5) is 94.8. The maximum Gasteiger partial charge on any atom is 0.320 e. The number of piperidine rings is 3. The van der Waals surface area contributed by atoms with E-state index >= 15 is 0 Å². The normalized spacial score (nSPS) is 25.6. The van der Waals surface area contributed by atoms with Crippen LogP contribution in [0, 0.1) is 0 Å². The van der Waals surface area contributed by atoms with E-state index in [0.717, 1.165) is 75.3 Å². The molecule has 0 radical (unpaired) electrons. The van der Waals surface area contributed by atoms with Crippen LogP contribution >= 0.6 is 0 Å². The largest absolute Gasteiger partial charge is 0.382 e. The van der Waals surface area contributed by atoms with Crippen molar-refractivity contribution in [2.45, 2.75) is 87.9 Å². The highest BCUT2D eigenvalue weighted by Gasteiger charge is 2.46. The number of fused-ring (bicyclic) bond motifs is 1. The minimum atomic E-state index is -0.999. The lowest BCUT2D eigenvalue weighted by atomic mass is 9.73. The molecule has 4 saturated heterocycles. The zero-order valence-electron chi connectivity index (χ0n) is 34.0. The summed E-state index contributed by atoms with van der Waals surface area (Å²) in [7, 11) is 1.83. The quantitative estimate of drug-likeness (QED) is 0.218. The Morgan fingerprint density at radius 3 is 2.38 bits per heavy atom. The van der Waals surface area contributed by atoms with Crippen molar-refractivity contribution in [2.75, 3.05) is 61.8 Å². The Labute approximate surface area is 348 Å². The third-order valence-corrected chi connectivity index (χ3v) is 13.6. The van der Waals surface area contributed by atoms with E-state index in [-0.39, 0.29) is 53.2 Å². The van der Waals surface area contributed by atoms with Crippen molar-refractivity contribution in [3.05, 3.63) is 71.0 Å². The zero-order valence-corrected chi connectivity index (χ0v) is 34.0. The molecule has 2 aromatic carbocycles. The van der Waals surface area contributed by atoms with E-state index in [2.05, 4.69) is 49.8 Å². The molecule has 5 fully saturated rings. The van der Waals surface area contributed by atoms with Gasteiger partial charge in [-0.3, -0.25) is 34.2 Å². The predicted molar refractivity (Wildman–Crippen MR) is 222 cm³/mol. The number of urea groups is 1. The van der Waals surface area contributed by atoms with E-state index < -0.39 is 35.6 Å². The second-order valence-corrected chi connectivity index (χ2v) is 17.4. The van der Waals surface area contributed by atoms with Crippen LogP contribution < -0.4 is 26.6 Å². The summed E-state index contributed by atoms with van der Waals surface area (Å²) in [6, 6.07) is 13.1. The first-order valence-electron chi connectivity index (χ1n) is 21.0. The molecule has 6 aliphatic rings. The number of imide groups is 2. The summed E-state index contributed by atoms with van der Waals surface area (Å²) >= 11 is 0. The van der Waals surface area contributed by atoms with E-state index in [1.807, 2.05) is 30.1 Å². The van der Waals surface area contributed by atoms with Gasteiger partial charge in [0.2, 0.25) is 11.8 Å². The molecular formula is C43H51N11O6. The first-order valence-corrected chi connectivity index (χ1v) is 21.0. The molecule has 17 nitrogen and oxygen atoms in total. The summed E-state index contributed by atoms with van der Waals surface area (Å²) < 4.78 is 0. The lowest BCUT2D eigenvalue weighted by Crippen LogP contribution is -2.54. The fourth-order valence-electron chi connectivity index (χ4n) is 9.85. The van der Waals surface area contributed by atoms with Gasteiger partial charge in [0.1, 0.15) is 11.9 Å². The van der Waals surface area contributed by atoms with Crippen LogP contribution in [0.5, 0.6) is 0 Å². The Morgan fingerprint density at radius 2 is 1.68 bits per heavy atom. The second-order valence-electron chi connectivity index (χ2n) is 17.4. The Morgan fingerprint density at radius 1 is 0.917 bits per heavy atom. The number of likely N-dealkylation sites (N-methyl/N-ethyl adjacent to an activating group) is 1. The molecular weight excluding hydrogens is 767 g/mol. The van der Waals surface area contributed by atoms with Crippen LogP contribution in [0.25, 0.3) is 0 Å². The third-order valence-electron chi connectivity index (χ3n) is 13.6. The van der Waals surface area contributed by atoms with Crippen molar-refractivity contribution < 1.29 is 28.8 Å². The van der Waals surface area contributed by atoms with E-state index in [9.17, 15) is 28.8 Å². The molecule has 60 heavy (non-hydrogen) atoms. The van der Waals surface area contributed by atoms with Gasteiger partial charge in [0, 0.05) is 63.1 Å². The standard InChI is InChI=1S/C43H51N11O6/c1-43(25-8-10-26(11-9-25)47-38-36(37(44)56)45-23-33(48-38)52-16-4-5-28(24-52)53-20-19-50(2)42(53)60)14-17-51(18-15-43)29-21-27(22-29)46-31-7-3-6-30-35(31)41(59)54(40(30)58)32-12-13-34(55)49-39(32)57/h3,6-11,23,27-29,32,46H,4-5,12-22,24H2,1-2H3,(H2,44,56)(H,47,48)(H,49,55,57)/t27-,28-,29+,32?/m0/s1. The number of aromatic nitrogens is 2. The summed E-state index contributed by atoms with van der Waals surface area (Å²) in [6.07, 6.45) is 7.42. The number of carbonyl (C=O) groups excluding carboxylic acids is 6. The molecule has 7 amide bonds. The van der Waals surface area contributed by atoms with Gasteiger partial charge in [-0.25, -0.2) is 14.8 Å². The molecule has 1 unspecified atom stereocenters. The Kier molecular flexibility index (Phi) is 10.2. The summed E-state index contributed by atoms with van der Waals surface area (Å²) in [6.45, 7) is 7.06. The molecule has 1 aromatic heterocycles. The van der Waals surface area contributed by atoms with Crippen LogP contribution in [-0.2, 0) is 15.0 Å². The van der Waals surface area contributed by atoms with E-state index in [1.165, 1.54) is 5.56 Å². The highest BCUT2D eigenvalue weighted by atomic mass is 16.2. The molecule has 17 heteroatoms. The van der Waals surface area contributed by atoms with Gasteiger partial charge in [-0.1, -0.05) is 25.1 Å². The molecule has 6 heterocycles. The van der Waals surface area contributed by atoms with E-state index in [1.54, 1.807) is 23.2 Å². The maximum atomic E-state index is 13.6. The fraction of sp³-hybridized carbons (Fsp3) is 0.488. The first kappa shape index (κ1) is 39.4. The van der Waals surface area contributed by atoms with Gasteiger partial charge < -0.3 is 36.0 Å². The maximum absolute atomic E-state index is 13.6. The molecule has 0 bridgehead atoms. The van der Waals surface area contributed by atoms with Gasteiger partial charge in [-0.05, 0) is 93.3 Å². The number of primary amides is 1. The van der Waals surface area contributed by atoms with Crippen LogP contribution in [0.3, 0.4) is 0 Å². The minimum absolute atomic E-state index is 0.0171. The number of benzene rings is 2. The number of nitrogens with zero attached hydrogens (tertiary/aromatic N) is 7. The Bertz CT molecular complexity index is 2250. The molecule has 5 aliphatic heterocycles. The zero-order chi connectivity index (χ0) is 41.9. The topological polar surface area (TPSA) is 207 Å². The monoisotopic (exact) mass is 817 g/mol. The van der Waals surface area contributed by atoms with Crippen molar-refractivity contribution in [1.82, 2.24) is 34.9 Å². The van der Waals surface area contributed by atoms with Crippen LogP contribution in [0.15, 0.2) is 48.7 Å². The van der Waals surface area contributed by atoms with Gasteiger partial charge in [-0.2, -0.15) is 0 Å². The first-order chi connectivity index (χ1) is 28.9. The van der Waals surface area contributed by atoms with Crippen LogP contribution in [0.2, 0.25) is 0 Å². The van der Waals surface area contributed by atoms with Gasteiger partial charge in [0.05, 0.1) is 23.4 Å². The number of nitrogens with two attached hydrogens (primary N) is 1. The highest BCUT2D eigenvalue weighted by molar-refractivity contribution is 6.25. The Balaban J connectivity index is 0.791. The van der Waals surface area contributed by atoms with Crippen LogP contribution in [0.4, 0.5) is 27.8 Å². The molecule has 3 aromatic rings. The number of amides is 7. The van der Waals surface area contributed by atoms with Crippen molar-refractivity contribution >= 4 is 58.6 Å². The fourth-order valence-corrected chi connectivity index (χ4v) is 9.85. The third kappa shape index (κ3) is 7.17. The molecule has 9 rings (SSSR count). The number of rotatable bonds is 10. The molecule has 1 aliphatic carbocycles. The average molecular weight is 818 g/mol. The molecule has 1 saturated carbocycles. The number of carbonyl (C=O) groups is 6. The van der Waals surface area contributed by atoms with Gasteiger partial charge in [0.15, 0.2) is 11.5 Å². The highest BCUT2D eigenvalue weighted by Crippen LogP contribution is 2.40. The predicted octanol–water partition coefficient (Wildman–Crippen LogP) is 3.05. The second kappa shape index (κ2) is 15.5. The van der Waals surface area contributed by atoms with E-state index in [4.69, 9.17) is 10.7 Å². The molecule has 2 atom stereocenters. The van der Waals surface area contributed by atoms with Crippen LogP contribution in [-0.4, -0.2) is 136 Å². The number of hydrogen-bond acceptors (Lipinski definition) is 12. The molecule has 5 N–H and O–H groups in total. The lowest BCUT2D eigenvalue weighted by molar-refractivity contribution is -0.136. The van der Waals surface area contributed by atoms with E-state index in [0.29, 0.717) is 36.5 Å². The lowest BCUT2D eigenvalue weighted by Gasteiger charge is -2.48. The van der Waals surface area contributed by atoms with Crippen molar-refractivity contribution in [3.63, 3.8) is 0 Å². The smallest absolute Gasteiger partial charge is 0.320 e. The summed E-state index contributed by atoms with van der Waals surface area (Å²) in [5.41, 5.74) is 8.93. The SMILES string of the molecule is CN1CCN([C@H]2CCCN(c3cnc(C(N)=O)c(Nc4ccc(C5(C)CCN([C@H]6C[C@@H](Nc7cccc8c7C(=O)N(C7CCC(=O)NC7=O)C8=O)C6)CC5)cc4)n3)C2)C1=O. The van der Waals surface area contributed by atoms with Gasteiger partial charge in [-0.15, -0.1) is 0 Å². The number of nitrogens with one attached hydrogen (secondary N) is 3. The van der Waals surface area contributed by atoms with Gasteiger partial charge >= 0.3 is 6.03 Å². The van der Waals surface area contributed by atoms with Crippen LogP contribution in [0.1, 0.15) is 95.1 Å². The average Bonchev–Trinajstić information content (AvgIpc) is 3.70. The molecule has 0 spiro atoms. The number of likely N-dealkylation sites (tertiary alicyclic amines) is 1. The van der Waals surface area contributed by atoms with Crippen molar-refractivity contribution in [1.29, 1.82) is 0 Å². The van der Waals surface area contributed by atoms with Gasteiger partial charge in [0.25, 0.3) is 17.7 Å². The summed E-state index contributed by atoms with van der Waals surface area (Å²) in [5.74, 6) is -1.78. The minimum Gasteiger partial charge on any atom is -0.382 e. The summed E-state index contributed by atoms with van der Waals surface area (Å²) in [5, 5.41) is 9.06. The van der Waals surface area contributed by atoms with Crippen molar-refractivity contribution in [3.8, 4) is 0 Å². The molecule has 314 valence electrons. The number of hydrogen-bond donors (Lipinski definition) is 4.